The van der Waals surface area contributed by atoms with E-state index in [0.717, 1.165) is 36.1 Å². The van der Waals surface area contributed by atoms with Crippen LogP contribution in [-0.4, -0.2) is 33.5 Å². The molecule has 0 radical (unpaired) electrons. The van der Waals surface area contributed by atoms with Crippen LogP contribution in [0.1, 0.15) is 0 Å². The van der Waals surface area contributed by atoms with Gasteiger partial charge in [-0.1, -0.05) is 12.1 Å². The first-order chi connectivity index (χ1) is 11.9. The van der Waals surface area contributed by atoms with Gasteiger partial charge in [0.25, 0.3) is 0 Å². The van der Waals surface area contributed by atoms with Gasteiger partial charge in [0, 0.05) is 25.2 Å². The highest BCUT2D eigenvalue weighted by atomic mass is 32.1. The molecule has 4 rings (SSSR count). The Bertz CT molecular complexity index is 801. The molecule has 0 amide bonds. The van der Waals surface area contributed by atoms with Crippen molar-refractivity contribution in [2.24, 2.45) is 0 Å². The van der Waals surface area contributed by atoms with Gasteiger partial charge in [-0.25, -0.2) is 0 Å². The average Bonchev–Trinajstić information content (AvgIpc) is 3.40. The lowest BCUT2D eigenvalue weighted by atomic mass is 10.3. The summed E-state index contributed by atoms with van der Waals surface area (Å²) >= 11 is 3.39. The van der Waals surface area contributed by atoms with Crippen LogP contribution >= 0.6 is 22.7 Å². The standard InChI is InChI=1S/C16H16N6S2/c1-3-13(23-7-1)11-9-15(21-19-11)17-5-6-18-16-10-12(20-22-16)14-4-2-8-24-14/h1-4,7-10H,5-6H2,(H2,17,19,21)(H2,18,20,22). The molecule has 4 aromatic rings. The Balaban J connectivity index is 1.26. The molecule has 4 heterocycles. The van der Waals surface area contributed by atoms with E-state index in [1.54, 1.807) is 22.7 Å². The van der Waals surface area contributed by atoms with Crippen LogP contribution in [0.4, 0.5) is 11.6 Å². The van der Waals surface area contributed by atoms with Gasteiger partial charge in [-0.3, -0.25) is 10.2 Å². The van der Waals surface area contributed by atoms with Crippen LogP contribution < -0.4 is 10.6 Å². The van der Waals surface area contributed by atoms with Gasteiger partial charge in [0.1, 0.15) is 11.6 Å². The fourth-order valence-corrected chi connectivity index (χ4v) is 3.71. The molecule has 0 saturated heterocycles. The van der Waals surface area contributed by atoms with E-state index in [4.69, 9.17) is 0 Å². The Morgan fingerprint density at radius 1 is 0.792 bits per heavy atom. The van der Waals surface area contributed by atoms with Crippen LogP contribution in [0.25, 0.3) is 21.1 Å². The summed E-state index contributed by atoms with van der Waals surface area (Å²) < 4.78 is 0. The van der Waals surface area contributed by atoms with E-state index < -0.39 is 0 Å². The topological polar surface area (TPSA) is 81.4 Å². The molecule has 0 aliphatic rings. The van der Waals surface area contributed by atoms with E-state index in [2.05, 4.69) is 53.9 Å². The Morgan fingerprint density at radius 3 is 1.71 bits per heavy atom. The maximum absolute atomic E-state index is 4.28. The number of anilines is 2. The van der Waals surface area contributed by atoms with Crippen LogP contribution in [0.5, 0.6) is 0 Å². The average molecular weight is 356 g/mol. The predicted octanol–water partition coefficient (Wildman–Crippen LogP) is 4.11. The predicted molar refractivity (Wildman–Crippen MR) is 101 cm³/mol. The molecule has 0 aliphatic heterocycles. The van der Waals surface area contributed by atoms with Crippen LogP contribution in [0, 0.1) is 0 Å². The second kappa shape index (κ2) is 6.90. The Morgan fingerprint density at radius 2 is 1.29 bits per heavy atom. The molecular weight excluding hydrogens is 340 g/mol. The minimum absolute atomic E-state index is 0.760. The monoisotopic (exact) mass is 356 g/mol. The number of nitrogens with one attached hydrogen (secondary N) is 4. The van der Waals surface area contributed by atoms with Gasteiger partial charge in [0.05, 0.1) is 21.1 Å². The van der Waals surface area contributed by atoms with Crippen molar-refractivity contribution in [1.82, 2.24) is 20.4 Å². The number of H-pyrrole nitrogens is 2. The summed E-state index contributed by atoms with van der Waals surface area (Å²) in [7, 11) is 0. The van der Waals surface area contributed by atoms with Gasteiger partial charge in [0.15, 0.2) is 0 Å². The summed E-state index contributed by atoms with van der Waals surface area (Å²) in [4.78, 5) is 2.37. The second-order valence-electron chi connectivity index (χ2n) is 5.14. The number of hydrogen-bond donors (Lipinski definition) is 4. The fourth-order valence-electron chi connectivity index (χ4n) is 2.32. The molecule has 0 atom stereocenters. The highest BCUT2D eigenvalue weighted by Gasteiger charge is 2.05. The molecule has 0 aliphatic carbocycles. The third-order valence-electron chi connectivity index (χ3n) is 3.47. The van der Waals surface area contributed by atoms with Crippen LogP contribution in [0.2, 0.25) is 0 Å². The molecule has 4 N–H and O–H groups in total. The molecule has 0 unspecified atom stereocenters. The highest BCUT2D eigenvalue weighted by molar-refractivity contribution is 7.13. The molecule has 122 valence electrons. The van der Waals surface area contributed by atoms with Gasteiger partial charge in [-0.15, -0.1) is 22.7 Å². The second-order valence-corrected chi connectivity index (χ2v) is 7.04. The van der Waals surface area contributed by atoms with E-state index in [1.165, 1.54) is 9.75 Å². The maximum atomic E-state index is 4.28. The number of rotatable bonds is 7. The lowest BCUT2D eigenvalue weighted by Gasteiger charge is -2.03. The Hall–Kier alpha value is -2.58. The molecule has 6 nitrogen and oxygen atoms in total. The summed E-state index contributed by atoms with van der Waals surface area (Å²) in [5.41, 5.74) is 2.07. The molecule has 0 spiro atoms. The van der Waals surface area contributed by atoms with E-state index in [0.29, 0.717) is 0 Å². The lowest BCUT2D eigenvalue weighted by Crippen LogP contribution is -2.13. The molecule has 8 heteroatoms. The molecular formula is C16H16N6S2. The summed E-state index contributed by atoms with van der Waals surface area (Å²) in [6.07, 6.45) is 0. The summed E-state index contributed by atoms with van der Waals surface area (Å²) in [6.45, 7) is 1.52. The van der Waals surface area contributed by atoms with Crippen molar-refractivity contribution in [3.05, 3.63) is 47.2 Å². The first kappa shape index (κ1) is 15.0. The normalized spacial score (nSPS) is 10.8. The zero-order valence-electron chi connectivity index (χ0n) is 12.7. The van der Waals surface area contributed by atoms with Gasteiger partial charge >= 0.3 is 0 Å². The third-order valence-corrected chi connectivity index (χ3v) is 5.27. The van der Waals surface area contributed by atoms with Crippen molar-refractivity contribution in [2.75, 3.05) is 23.7 Å². The minimum Gasteiger partial charge on any atom is -0.367 e. The van der Waals surface area contributed by atoms with E-state index >= 15 is 0 Å². The molecule has 4 aromatic heterocycles. The summed E-state index contributed by atoms with van der Waals surface area (Å²) in [5, 5.41) is 25.4. The van der Waals surface area contributed by atoms with Crippen LogP contribution in [0.15, 0.2) is 47.2 Å². The van der Waals surface area contributed by atoms with Crippen molar-refractivity contribution in [3.63, 3.8) is 0 Å². The fraction of sp³-hybridized carbons (Fsp3) is 0.125. The Kier molecular flexibility index (Phi) is 4.30. The molecule has 0 bridgehead atoms. The van der Waals surface area contributed by atoms with Gasteiger partial charge in [-0.2, -0.15) is 10.2 Å². The van der Waals surface area contributed by atoms with Crippen LogP contribution in [-0.2, 0) is 0 Å². The molecule has 0 saturated carbocycles. The number of aromatic nitrogens is 4. The first-order valence-corrected chi connectivity index (χ1v) is 9.31. The van der Waals surface area contributed by atoms with E-state index in [-0.39, 0.29) is 0 Å². The zero-order chi connectivity index (χ0) is 16.2. The minimum atomic E-state index is 0.760. The van der Waals surface area contributed by atoms with Crippen LogP contribution in [0.3, 0.4) is 0 Å². The Labute approximate surface area is 147 Å². The van der Waals surface area contributed by atoms with E-state index in [9.17, 15) is 0 Å². The quantitative estimate of drug-likeness (QED) is 0.376. The molecule has 0 aromatic carbocycles. The van der Waals surface area contributed by atoms with Crippen molar-refractivity contribution < 1.29 is 0 Å². The van der Waals surface area contributed by atoms with Gasteiger partial charge in [0.2, 0.25) is 0 Å². The maximum Gasteiger partial charge on any atom is 0.148 e. The van der Waals surface area contributed by atoms with Crippen molar-refractivity contribution in [2.45, 2.75) is 0 Å². The highest BCUT2D eigenvalue weighted by Crippen LogP contribution is 2.25. The van der Waals surface area contributed by atoms with Crippen molar-refractivity contribution in [1.29, 1.82) is 0 Å². The third kappa shape index (κ3) is 3.34. The zero-order valence-corrected chi connectivity index (χ0v) is 14.4. The summed E-state index contributed by atoms with van der Waals surface area (Å²) in [5.74, 6) is 1.70. The van der Waals surface area contributed by atoms with Crippen molar-refractivity contribution >= 4 is 34.3 Å². The smallest absolute Gasteiger partial charge is 0.148 e. The molecule has 24 heavy (non-hydrogen) atoms. The lowest BCUT2D eigenvalue weighted by molar-refractivity contribution is 1.01. The largest absolute Gasteiger partial charge is 0.367 e. The first-order valence-electron chi connectivity index (χ1n) is 7.55. The van der Waals surface area contributed by atoms with Crippen molar-refractivity contribution in [3.8, 4) is 21.1 Å². The number of thiophene rings is 2. The van der Waals surface area contributed by atoms with E-state index in [1.807, 2.05) is 24.3 Å². The van der Waals surface area contributed by atoms with Gasteiger partial charge < -0.3 is 10.6 Å². The molecule has 0 fully saturated rings. The SMILES string of the molecule is c1csc(-c2cc(NCCNc3cc(-c4cccs4)[nH]n3)n[nH]2)c1. The number of hydrogen-bond acceptors (Lipinski definition) is 6. The number of nitrogens with zero attached hydrogens (tertiary/aromatic N) is 2. The summed E-state index contributed by atoms with van der Waals surface area (Å²) in [6, 6.07) is 12.3. The van der Waals surface area contributed by atoms with Gasteiger partial charge in [-0.05, 0) is 22.9 Å². The number of aromatic amines is 2.